The maximum atomic E-state index is 9.53. The molecule has 0 fully saturated rings. The van der Waals surface area contributed by atoms with Crippen molar-refractivity contribution in [3.8, 4) is 0 Å². The molecule has 0 amide bonds. The molecule has 2 rings (SSSR count). The second-order valence-corrected chi connectivity index (χ2v) is 5.45. The highest BCUT2D eigenvalue weighted by molar-refractivity contribution is 5.31. The molecule has 5 nitrogen and oxygen atoms in total. The van der Waals surface area contributed by atoms with Crippen molar-refractivity contribution in [1.82, 2.24) is 14.9 Å². The van der Waals surface area contributed by atoms with Crippen LogP contribution in [-0.4, -0.2) is 41.4 Å². The number of anilines is 1. The molecular formula is C16H24N4O. The Balaban J connectivity index is 1.94. The van der Waals surface area contributed by atoms with E-state index in [9.17, 15) is 5.11 Å². The number of nitrogens with one attached hydrogen (secondary N) is 1. The van der Waals surface area contributed by atoms with E-state index in [1.807, 2.05) is 50.4 Å². The third-order valence-electron chi connectivity index (χ3n) is 3.58. The van der Waals surface area contributed by atoms with Crippen LogP contribution in [0.4, 0.5) is 5.95 Å². The summed E-state index contributed by atoms with van der Waals surface area (Å²) in [5.41, 5.74) is 2.33. The lowest BCUT2D eigenvalue weighted by molar-refractivity contribution is 0.240. The van der Waals surface area contributed by atoms with Gasteiger partial charge in [0.2, 0.25) is 5.95 Å². The monoisotopic (exact) mass is 288 g/mol. The number of imidazole rings is 1. The van der Waals surface area contributed by atoms with E-state index in [2.05, 4.69) is 27.0 Å². The molecule has 0 aliphatic rings. The molecular weight excluding hydrogens is 264 g/mol. The van der Waals surface area contributed by atoms with Gasteiger partial charge in [0.05, 0.1) is 18.5 Å². The molecule has 1 aromatic carbocycles. The molecule has 0 saturated heterocycles. The molecule has 0 radical (unpaired) electrons. The minimum atomic E-state index is 0.0464. The second kappa shape index (κ2) is 7.24. The zero-order chi connectivity index (χ0) is 15.2. The van der Waals surface area contributed by atoms with Crippen LogP contribution in [0.3, 0.4) is 0 Å². The maximum Gasteiger partial charge on any atom is 0.204 e. The highest BCUT2D eigenvalue weighted by atomic mass is 16.3. The van der Waals surface area contributed by atoms with Gasteiger partial charge in [-0.2, -0.15) is 0 Å². The first-order chi connectivity index (χ1) is 10.1. The number of nitrogens with zero attached hydrogens (tertiary/aromatic N) is 3. The van der Waals surface area contributed by atoms with Crippen molar-refractivity contribution in [2.75, 3.05) is 25.6 Å². The number of hydrogen-bond acceptors (Lipinski definition) is 4. The summed E-state index contributed by atoms with van der Waals surface area (Å²) >= 11 is 0. The van der Waals surface area contributed by atoms with Crippen LogP contribution in [-0.2, 0) is 20.0 Å². The van der Waals surface area contributed by atoms with E-state index in [4.69, 9.17) is 0 Å². The first-order valence-corrected chi connectivity index (χ1v) is 7.18. The Bertz CT molecular complexity index is 551. The Labute approximate surface area is 126 Å². The molecule has 114 valence electrons. The molecule has 5 heteroatoms. The zero-order valence-corrected chi connectivity index (χ0v) is 13.0. The smallest absolute Gasteiger partial charge is 0.204 e. The fourth-order valence-electron chi connectivity index (χ4n) is 2.36. The molecule has 0 aliphatic carbocycles. The number of aliphatic hydroxyl groups excluding tert-OH is 1. The number of rotatable bonds is 7. The van der Waals surface area contributed by atoms with Gasteiger partial charge in [-0.15, -0.1) is 0 Å². The summed E-state index contributed by atoms with van der Waals surface area (Å²) in [4.78, 5) is 6.37. The molecule has 2 aromatic rings. The molecule has 1 unspecified atom stereocenters. The van der Waals surface area contributed by atoms with Crippen molar-refractivity contribution >= 4 is 5.95 Å². The molecule has 0 spiro atoms. The summed E-state index contributed by atoms with van der Waals surface area (Å²) in [7, 11) is 5.96. The molecule has 0 bridgehead atoms. The quantitative estimate of drug-likeness (QED) is 0.803. The largest absolute Gasteiger partial charge is 0.395 e. The third-order valence-corrected chi connectivity index (χ3v) is 3.58. The average Bonchev–Trinajstić information content (AvgIpc) is 2.86. The second-order valence-electron chi connectivity index (χ2n) is 5.45. The van der Waals surface area contributed by atoms with E-state index >= 15 is 0 Å². The SMILES string of the molecule is CN(C)c1ncc(CNC(CO)Cc2ccccc2)n1C. The Hall–Kier alpha value is -1.85. The molecule has 0 aliphatic heterocycles. The fraction of sp³-hybridized carbons (Fsp3) is 0.438. The first kappa shape index (κ1) is 15.5. The van der Waals surface area contributed by atoms with Crippen LogP contribution in [0.1, 0.15) is 11.3 Å². The zero-order valence-electron chi connectivity index (χ0n) is 13.0. The van der Waals surface area contributed by atoms with Gasteiger partial charge in [-0.05, 0) is 12.0 Å². The van der Waals surface area contributed by atoms with Crippen molar-refractivity contribution in [3.63, 3.8) is 0 Å². The van der Waals surface area contributed by atoms with E-state index in [0.29, 0.717) is 6.54 Å². The minimum Gasteiger partial charge on any atom is -0.395 e. The Kier molecular flexibility index (Phi) is 5.36. The molecule has 2 N–H and O–H groups in total. The first-order valence-electron chi connectivity index (χ1n) is 7.18. The molecule has 0 saturated carbocycles. The van der Waals surface area contributed by atoms with Crippen molar-refractivity contribution in [2.24, 2.45) is 7.05 Å². The molecule has 21 heavy (non-hydrogen) atoms. The summed E-state index contributed by atoms with van der Waals surface area (Å²) in [5.74, 6) is 0.926. The van der Waals surface area contributed by atoms with Gasteiger partial charge in [-0.3, -0.25) is 0 Å². The Morgan fingerprint density at radius 1 is 1.29 bits per heavy atom. The predicted octanol–water partition coefficient (Wildman–Crippen LogP) is 1.18. The normalized spacial score (nSPS) is 12.4. The maximum absolute atomic E-state index is 9.53. The lowest BCUT2D eigenvalue weighted by atomic mass is 10.1. The van der Waals surface area contributed by atoms with Gasteiger partial charge in [-0.1, -0.05) is 30.3 Å². The van der Waals surface area contributed by atoms with Gasteiger partial charge in [0.15, 0.2) is 0 Å². The topological polar surface area (TPSA) is 53.3 Å². The lowest BCUT2D eigenvalue weighted by Crippen LogP contribution is -2.34. The minimum absolute atomic E-state index is 0.0464. The van der Waals surface area contributed by atoms with Gasteiger partial charge >= 0.3 is 0 Å². The van der Waals surface area contributed by atoms with Crippen LogP contribution >= 0.6 is 0 Å². The van der Waals surface area contributed by atoms with Crippen molar-refractivity contribution in [3.05, 3.63) is 47.8 Å². The van der Waals surface area contributed by atoms with Gasteiger partial charge in [-0.25, -0.2) is 4.98 Å². The van der Waals surface area contributed by atoms with E-state index in [1.54, 1.807) is 0 Å². The van der Waals surface area contributed by atoms with Crippen molar-refractivity contribution in [2.45, 2.75) is 19.0 Å². The molecule has 1 heterocycles. The number of aromatic nitrogens is 2. The van der Waals surface area contributed by atoms with Crippen LogP contribution in [0.25, 0.3) is 0 Å². The van der Waals surface area contributed by atoms with Gasteiger partial charge in [0.1, 0.15) is 0 Å². The van der Waals surface area contributed by atoms with E-state index in [0.717, 1.165) is 18.1 Å². The van der Waals surface area contributed by atoms with Crippen LogP contribution < -0.4 is 10.2 Å². The van der Waals surface area contributed by atoms with Crippen molar-refractivity contribution in [1.29, 1.82) is 0 Å². The van der Waals surface area contributed by atoms with Gasteiger partial charge < -0.3 is 19.9 Å². The van der Waals surface area contributed by atoms with E-state index in [-0.39, 0.29) is 12.6 Å². The number of aliphatic hydroxyl groups is 1. The van der Waals surface area contributed by atoms with E-state index in [1.165, 1.54) is 5.56 Å². The predicted molar refractivity (Wildman–Crippen MR) is 85.4 cm³/mol. The van der Waals surface area contributed by atoms with Gasteiger partial charge in [0, 0.05) is 33.7 Å². The molecule has 1 atom stereocenters. The molecule has 1 aromatic heterocycles. The summed E-state index contributed by atoms with van der Waals surface area (Å²) < 4.78 is 2.06. The average molecular weight is 288 g/mol. The number of hydrogen-bond donors (Lipinski definition) is 2. The van der Waals surface area contributed by atoms with Crippen LogP contribution in [0.2, 0.25) is 0 Å². The standard InChI is InChI=1S/C16H24N4O/c1-19(2)16-18-11-15(20(16)3)10-17-14(12-21)9-13-7-5-4-6-8-13/h4-8,11,14,17,21H,9-10,12H2,1-3H3. The summed E-state index contributed by atoms with van der Waals surface area (Å²) in [5, 5.41) is 12.9. The third kappa shape index (κ3) is 4.06. The fourth-order valence-corrected chi connectivity index (χ4v) is 2.36. The lowest BCUT2D eigenvalue weighted by Gasteiger charge is -2.17. The Morgan fingerprint density at radius 3 is 2.57 bits per heavy atom. The van der Waals surface area contributed by atoms with E-state index < -0.39 is 0 Å². The highest BCUT2D eigenvalue weighted by Gasteiger charge is 2.11. The van der Waals surface area contributed by atoms with Crippen LogP contribution in [0.15, 0.2) is 36.5 Å². The summed E-state index contributed by atoms with van der Waals surface area (Å²) in [6.45, 7) is 0.808. The summed E-state index contributed by atoms with van der Waals surface area (Å²) in [6, 6.07) is 10.3. The highest BCUT2D eigenvalue weighted by Crippen LogP contribution is 2.11. The van der Waals surface area contributed by atoms with Crippen LogP contribution in [0.5, 0.6) is 0 Å². The summed E-state index contributed by atoms with van der Waals surface area (Å²) in [6.07, 6.45) is 2.69. The van der Waals surface area contributed by atoms with Crippen molar-refractivity contribution < 1.29 is 5.11 Å². The van der Waals surface area contributed by atoms with Crippen LogP contribution in [0, 0.1) is 0 Å². The van der Waals surface area contributed by atoms with Gasteiger partial charge in [0.25, 0.3) is 0 Å². The number of benzene rings is 1. The Morgan fingerprint density at radius 2 is 2.00 bits per heavy atom.